The van der Waals surface area contributed by atoms with Crippen molar-refractivity contribution in [1.29, 1.82) is 0 Å². The van der Waals surface area contributed by atoms with Gasteiger partial charge >= 0.3 is 0 Å². The molecular weight excluding hydrogens is 314 g/mol. The molecule has 2 saturated heterocycles. The first-order chi connectivity index (χ1) is 12.1. The third kappa shape index (κ3) is 3.33. The van der Waals surface area contributed by atoms with Gasteiger partial charge in [0.25, 0.3) is 0 Å². The van der Waals surface area contributed by atoms with E-state index in [4.69, 9.17) is 4.42 Å². The monoisotopic (exact) mass is 339 g/mol. The molecule has 0 aliphatic carbocycles. The predicted octanol–water partition coefficient (Wildman–Crippen LogP) is 3.14. The van der Waals surface area contributed by atoms with E-state index in [0.29, 0.717) is 18.9 Å². The lowest BCUT2D eigenvalue weighted by Gasteiger charge is -2.45. The summed E-state index contributed by atoms with van der Waals surface area (Å²) in [5.41, 5.74) is 1.20. The second kappa shape index (κ2) is 6.64. The van der Waals surface area contributed by atoms with Crippen LogP contribution in [0.25, 0.3) is 0 Å². The van der Waals surface area contributed by atoms with Crippen molar-refractivity contribution in [3.05, 3.63) is 53.7 Å². The number of pyridine rings is 1. The summed E-state index contributed by atoms with van der Waals surface area (Å²) in [6.07, 6.45) is 7.37. The maximum Gasteiger partial charge on any atom is 0.223 e. The predicted molar refractivity (Wildman–Crippen MR) is 94.7 cm³/mol. The van der Waals surface area contributed by atoms with Gasteiger partial charge in [-0.1, -0.05) is 0 Å². The van der Waals surface area contributed by atoms with Crippen LogP contribution in [0.1, 0.15) is 42.8 Å². The Hall–Kier alpha value is -2.14. The molecule has 1 amide bonds. The minimum Gasteiger partial charge on any atom is -0.465 e. The fourth-order valence-corrected chi connectivity index (χ4v) is 4.24. The Morgan fingerprint density at radius 2 is 1.84 bits per heavy atom. The van der Waals surface area contributed by atoms with Gasteiger partial charge in [-0.3, -0.25) is 14.7 Å². The highest BCUT2D eigenvalue weighted by molar-refractivity contribution is 5.79. The Morgan fingerprint density at radius 1 is 1.08 bits per heavy atom. The van der Waals surface area contributed by atoms with Gasteiger partial charge in [0.2, 0.25) is 5.91 Å². The van der Waals surface area contributed by atoms with Gasteiger partial charge in [0.1, 0.15) is 11.5 Å². The van der Waals surface area contributed by atoms with E-state index in [1.54, 1.807) is 12.4 Å². The summed E-state index contributed by atoms with van der Waals surface area (Å²) in [6, 6.07) is 8.10. The van der Waals surface area contributed by atoms with E-state index < -0.39 is 0 Å². The summed E-state index contributed by atoms with van der Waals surface area (Å²) in [5, 5.41) is 0. The van der Waals surface area contributed by atoms with Crippen molar-refractivity contribution in [2.24, 2.45) is 0 Å². The van der Waals surface area contributed by atoms with Crippen molar-refractivity contribution in [3.63, 3.8) is 0 Å². The highest BCUT2D eigenvalue weighted by atomic mass is 16.3. The Bertz CT molecular complexity index is 732. The molecule has 4 heterocycles. The molecule has 0 bridgehead atoms. The van der Waals surface area contributed by atoms with Crippen molar-refractivity contribution in [2.75, 3.05) is 13.1 Å². The van der Waals surface area contributed by atoms with E-state index in [2.05, 4.69) is 20.9 Å². The van der Waals surface area contributed by atoms with Gasteiger partial charge in [-0.25, -0.2) is 0 Å². The number of carbonyl (C=O) groups is 1. The smallest absolute Gasteiger partial charge is 0.223 e. The molecule has 1 spiro atoms. The second-order valence-corrected chi connectivity index (χ2v) is 7.35. The van der Waals surface area contributed by atoms with Crippen LogP contribution in [0.4, 0.5) is 0 Å². The third-order valence-electron chi connectivity index (χ3n) is 5.73. The number of likely N-dealkylation sites (tertiary alicyclic amines) is 2. The first-order valence-electron chi connectivity index (χ1n) is 9.12. The van der Waals surface area contributed by atoms with Gasteiger partial charge in [0, 0.05) is 44.0 Å². The molecule has 0 atom stereocenters. The van der Waals surface area contributed by atoms with Crippen molar-refractivity contribution in [2.45, 2.75) is 51.2 Å². The summed E-state index contributed by atoms with van der Waals surface area (Å²) < 4.78 is 5.71. The maximum absolute atomic E-state index is 12.5. The fourth-order valence-electron chi connectivity index (χ4n) is 4.24. The number of carbonyl (C=O) groups excluding carboxylic acids is 1. The number of amides is 1. The molecule has 25 heavy (non-hydrogen) atoms. The zero-order valence-electron chi connectivity index (χ0n) is 14.8. The van der Waals surface area contributed by atoms with Crippen molar-refractivity contribution < 1.29 is 9.21 Å². The van der Waals surface area contributed by atoms with E-state index in [1.165, 1.54) is 0 Å². The Kier molecular flexibility index (Phi) is 4.34. The average Bonchev–Trinajstić information content (AvgIpc) is 3.17. The lowest BCUT2D eigenvalue weighted by molar-refractivity contribution is -0.133. The zero-order valence-corrected chi connectivity index (χ0v) is 14.8. The van der Waals surface area contributed by atoms with Gasteiger partial charge in [0.15, 0.2) is 0 Å². The van der Waals surface area contributed by atoms with Crippen molar-refractivity contribution in [1.82, 2.24) is 14.8 Å². The molecule has 0 unspecified atom stereocenters. The molecule has 2 fully saturated rings. The maximum atomic E-state index is 12.5. The van der Waals surface area contributed by atoms with Crippen LogP contribution >= 0.6 is 0 Å². The van der Waals surface area contributed by atoms with Gasteiger partial charge in [-0.2, -0.15) is 0 Å². The van der Waals surface area contributed by atoms with Crippen LogP contribution in [0.15, 0.2) is 41.1 Å². The first-order valence-corrected chi connectivity index (χ1v) is 9.12. The molecule has 0 saturated carbocycles. The molecule has 2 aliphatic rings. The number of piperidine rings is 1. The average molecular weight is 339 g/mol. The van der Waals surface area contributed by atoms with Crippen molar-refractivity contribution in [3.8, 4) is 0 Å². The van der Waals surface area contributed by atoms with Gasteiger partial charge in [0.05, 0.1) is 6.54 Å². The molecule has 5 nitrogen and oxygen atoms in total. The number of rotatable bonds is 4. The number of nitrogens with zero attached hydrogens (tertiary/aromatic N) is 3. The summed E-state index contributed by atoms with van der Waals surface area (Å²) in [6.45, 7) is 5.58. The highest BCUT2D eigenvalue weighted by Gasteiger charge is 2.46. The molecule has 5 heteroatoms. The topological polar surface area (TPSA) is 49.6 Å². The second-order valence-electron chi connectivity index (χ2n) is 7.35. The molecule has 2 aromatic rings. The number of aryl methyl sites for hydroxylation is 1. The SMILES string of the molecule is Cc1ccc(CN2CCC3(CCC(=O)N3Cc3ccncc3)CC2)o1. The molecule has 132 valence electrons. The molecule has 0 aromatic carbocycles. The summed E-state index contributed by atoms with van der Waals surface area (Å²) in [5.74, 6) is 2.30. The quantitative estimate of drug-likeness (QED) is 0.859. The minimum absolute atomic E-state index is 0.0376. The van der Waals surface area contributed by atoms with E-state index in [0.717, 1.165) is 56.0 Å². The lowest BCUT2D eigenvalue weighted by atomic mass is 9.84. The Balaban J connectivity index is 1.42. The third-order valence-corrected chi connectivity index (χ3v) is 5.73. The van der Waals surface area contributed by atoms with Gasteiger partial charge in [-0.15, -0.1) is 0 Å². The van der Waals surface area contributed by atoms with Crippen LogP contribution in [0, 0.1) is 6.92 Å². The Morgan fingerprint density at radius 3 is 2.52 bits per heavy atom. The number of furan rings is 1. The van der Waals surface area contributed by atoms with E-state index >= 15 is 0 Å². The number of hydrogen-bond donors (Lipinski definition) is 0. The van der Waals surface area contributed by atoms with Crippen LogP contribution in [0.2, 0.25) is 0 Å². The number of hydrogen-bond acceptors (Lipinski definition) is 4. The molecule has 0 radical (unpaired) electrons. The normalized spacial score (nSPS) is 20.5. The van der Waals surface area contributed by atoms with Crippen molar-refractivity contribution >= 4 is 5.91 Å². The van der Waals surface area contributed by atoms with E-state index in [9.17, 15) is 4.79 Å². The summed E-state index contributed by atoms with van der Waals surface area (Å²) in [7, 11) is 0. The van der Waals surface area contributed by atoms with Crippen LogP contribution in [-0.2, 0) is 17.9 Å². The largest absolute Gasteiger partial charge is 0.465 e. The Labute approximate surface area is 148 Å². The summed E-state index contributed by atoms with van der Waals surface area (Å²) >= 11 is 0. The van der Waals surface area contributed by atoms with Crippen LogP contribution in [-0.4, -0.2) is 39.3 Å². The molecule has 4 rings (SSSR count). The molecule has 0 N–H and O–H groups in total. The highest BCUT2D eigenvalue weighted by Crippen LogP contribution is 2.40. The fraction of sp³-hybridized carbons (Fsp3) is 0.500. The molecular formula is C20H25N3O2. The van der Waals surface area contributed by atoms with Crippen LogP contribution in [0.5, 0.6) is 0 Å². The van der Waals surface area contributed by atoms with Gasteiger partial charge < -0.3 is 9.32 Å². The standard InChI is InChI=1S/C20H25N3O2/c1-16-2-3-18(25-16)15-22-12-8-20(9-13-22)7-4-19(24)23(20)14-17-5-10-21-11-6-17/h2-3,5-6,10-11H,4,7-9,12-15H2,1H3. The molecule has 2 aliphatic heterocycles. The van der Waals surface area contributed by atoms with Crippen LogP contribution in [0.3, 0.4) is 0 Å². The van der Waals surface area contributed by atoms with Crippen LogP contribution < -0.4 is 0 Å². The van der Waals surface area contributed by atoms with Gasteiger partial charge in [-0.05, 0) is 56.0 Å². The molecule has 2 aromatic heterocycles. The van der Waals surface area contributed by atoms with E-state index in [1.807, 2.05) is 25.1 Å². The lowest BCUT2D eigenvalue weighted by Crippen LogP contribution is -2.52. The first kappa shape index (κ1) is 16.3. The summed E-state index contributed by atoms with van der Waals surface area (Å²) in [4.78, 5) is 21.2. The minimum atomic E-state index is 0.0376. The zero-order chi connectivity index (χ0) is 17.3. The number of aromatic nitrogens is 1. The van der Waals surface area contributed by atoms with E-state index in [-0.39, 0.29) is 5.54 Å².